The lowest BCUT2D eigenvalue weighted by molar-refractivity contribution is -0.387. The summed E-state index contributed by atoms with van der Waals surface area (Å²) in [5.41, 5.74) is 1.43. The number of amides is 1. The fourth-order valence-electron chi connectivity index (χ4n) is 3.01. The third-order valence-electron chi connectivity index (χ3n) is 4.44. The highest BCUT2D eigenvalue weighted by atomic mass is 32.2. The first-order valence-electron chi connectivity index (χ1n) is 8.74. The molecule has 136 valence electrons. The van der Waals surface area contributed by atoms with E-state index < -0.39 is 4.92 Å². The lowest BCUT2D eigenvalue weighted by Crippen LogP contribution is -2.31. The summed E-state index contributed by atoms with van der Waals surface area (Å²) in [6.07, 6.45) is 7.66. The smallest absolute Gasteiger partial charge is 0.283 e. The third kappa shape index (κ3) is 4.60. The summed E-state index contributed by atoms with van der Waals surface area (Å²) in [7, 11) is 0. The van der Waals surface area contributed by atoms with Gasteiger partial charge in [0.2, 0.25) is 0 Å². The van der Waals surface area contributed by atoms with Gasteiger partial charge in [0, 0.05) is 42.9 Å². The van der Waals surface area contributed by atoms with Crippen LogP contribution in [0.15, 0.2) is 47.6 Å². The molecule has 0 unspecified atom stereocenters. The molecule has 3 rings (SSSR count). The number of hydrogen-bond acceptors (Lipinski definition) is 5. The van der Waals surface area contributed by atoms with Crippen molar-refractivity contribution < 1.29 is 9.72 Å². The maximum atomic E-state index is 12.7. The van der Waals surface area contributed by atoms with Gasteiger partial charge in [0.1, 0.15) is 0 Å². The number of nitro groups is 1. The van der Waals surface area contributed by atoms with Gasteiger partial charge in [-0.1, -0.05) is 12.8 Å². The van der Waals surface area contributed by atoms with Crippen molar-refractivity contribution in [2.75, 3.05) is 13.1 Å². The molecule has 0 N–H and O–H groups in total. The second kappa shape index (κ2) is 8.80. The number of likely N-dealkylation sites (tertiary alicyclic amines) is 1. The van der Waals surface area contributed by atoms with Crippen LogP contribution < -0.4 is 0 Å². The standard InChI is InChI=1S/C19H21N3O3S/c23-19(21-11-3-1-2-4-12-21)16-5-6-18(17(13-16)22(24)25)26-14-15-7-9-20-10-8-15/h5-10,13H,1-4,11-12,14H2. The topological polar surface area (TPSA) is 76.3 Å². The molecule has 6 nitrogen and oxygen atoms in total. The van der Waals surface area contributed by atoms with Crippen LogP contribution >= 0.6 is 11.8 Å². The number of carbonyl (C=O) groups is 1. The van der Waals surface area contributed by atoms with Gasteiger partial charge in [0.15, 0.2) is 0 Å². The van der Waals surface area contributed by atoms with Gasteiger partial charge in [-0.25, -0.2) is 0 Å². The Hall–Kier alpha value is -2.41. The van der Waals surface area contributed by atoms with E-state index in [9.17, 15) is 14.9 Å². The zero-order valence-electron chi connectivity index (χ0n) is 14.5. The SMILES string of the molecule is O=C(c1ccc(SCc2ccncc2)c([N+](=O)[O-])c1)N1CCCCCC1. The van der Waals surface area contributed by atoms with E-state index in [0.29, 0.717) is 16.2 Å². The van der Waals surface area contributed by atoms with Gasteiger partial charge in [-0.15, -0.1) is 11.8 Å². The predicted octanol–water partition coefficient (Wildman–Crippen LogP) is 4.30. The van der Waals surface area contributed by atoms with Crippen LogP contribution in [0.5, 0.6) is 0 Å². The van der Waals surface area contributed by atoms with E-state index in [2.05, 4.69) is 4.98 Å². The molecule has 7 heteroatoms. The number of hydrogen-bond donors (Lipinski definition) is 0. The average Bonchev–Trinajstić information content (AvgIpc) is 2.96. The molecule has 0 radical (unpaired) electrons. The van der Waals surface area contributed by atoms with Gasteiger partial charge in [0.25, 0.3) is 11.6 Å². The first-order valence-corrected chi connectivity index (χ1v) is 9.73. The second-order valence-electron chi connectivity index (χ2n) is 6.29. The van der Waals surface area contributed by atoms with Crippen LogP contribution in [0.1, 0.15) is 41.6 Å². The van der Waals surface area contributed by atoms with Crippen LogP contribution in [0.3, 0.4) is 0 Å². The highest BCUT2D eigenvalue weighted by Gasteiger charge is 2.22. The summed E-state index contributed by atoms with van der Waals surface area (Å²) in [4.78, 5) is 30.1. The van der Waals surface area contributed by atoms with E-state index in [-0.39, 0.29) is 11.6 Å². The molecule has 0 atom stereocenters. The minimum absolute atomic E-state index is 0.00951. The summed E-state index contributed by atoms with van der Waals surface area (Å²) >= 11 is 1.39. The molecule has 1 saturated heterocycles. The van der Waals surface area contributed by atoms with E-state index in [4.69, 9.17) is 0 Å². The van der Waals surface area contributed by atoms with Crippen molar-refractivity contribution in [3.8, 4) is 0 Å². The Labute approximate surface area is 156 Å². The lowest BCUT2D eigenvalue weighted by atomic mass is 10.1. The van der Waals surface area contributed by atoms with Crippen molar-refractivity contribution in [1.29, 1.82) is 0 Å². The second-order valence-corrected chi connectivity index (χ2v) is 7.31. The minimum Gasteiger partial charge on any atom is -0.339 e. The maximum absolute atomic E-state index is 12.7. The molecule has 1 aromatic heterocycles. The van der Waals surface area contributed by atoms with Crippen LogP contribution in [0, 0.1) is 10.1 Å². The molecule has 1 fully saturated rings. The number of nitro benzene ring substituents is 1. The van der Waals surface area contributed by atoms with E-state index in [1.54, 1.807) is 24.5 Å². The molecule has 1 aliphatic rings. The molecule has 1 amide bonds. The van der Waals surface area contributed by atoms with Crippen LogP contribution in [0.25, 0.3) is 0 Å². The van der Waals surface area contributed by atoms with E-state index in [1.165, 1.54) is 17.8 Å². The van der Waals surface area contributed by atoms with E-state index in [0.717, 1.165) is 44.3 Å². The van der Waals surface area contributed by atoms with Gasteiger partial charge in [0.05, 0.1) is 9.82 Å². The quantitative estimate of drug-likeness (QED) is 0.445. The van der Waals surface area contributed by atoms with Gasteiger partial charge < -0.3 is 4.90 Å². The first kappa shape index (κ1) is 18.4. The van der Waals surface area contributed by atoms with E-state index >= 15 is 0 Å². The summed E-state index contributed by atoms with van der Waals surface area (Å²) in [5.74, 6) is 0.503. The summed E-state index contributed by atoms with van der Waals surface area (Å²) in [5, 5.41) is 11.5. The Kier molecular flexibility index (Phi) is 6.22. The molecule has 0 spiro atoms. The Morgan fingerprint density at radius 2 is 1.81 bits per heavy atom. The molecule has 0 aliphatic carbocycles. The Balaban J connectivity index is 1.77. The fourth-order valence-corrected chi connectivity index (χ4v) is 3.97. The minimum atomic E-state index is -0.409. The summed E-state index contributed by atoms with van der Waals surface area (Å²) < 4.78 is 0. The van der Waals surface area contributed by atoms with Crippen LogP contribution in [0.2, 0.25) is 0 Å². The van der Waals surface area contributed by atoms with Crippen LogP contribution in [-0.4, -0.2) is 33.8 Å². The summed E-state index contributed by atoms with van der Waals surface area (Å²) in [6.45, 7) is 1.45. The van der Waals surface area contributed by atoms with Gasteiger partial charge >= 0.3 is 0 Å². The highest BCUT2D eigenvalue weighted by molar-refractivity contribution is 7.98. The largest absolute Gasteiger partial charge is 0.339 e. The Bertz CT molecular complexity index is 775. The lowest BCUT2D eigenvalue weighted by Gasteiger charge is -2.20. The Morgan fingerprint density at radius 1 is 1.12 bits per heavy atom. The van der Waals surface area contributed by atoms with Crippen molar-refractivity contribution in [2.24, 2.45) is 0 Å². The van der Waals surface area contributed by atoms with Crippen molar-refractivity contribution in [2.45, 2.75) is 36.3 Å². The van der Waals surface area contributed by atoms with Crippen LogP contribution in [-0.2, 0) is 5.75 Å². The number of benzene rings is 1. The van der Waals surface area contributed by atoms with Gasteiger partial charge in [-0.3, -0.25) is 19.9 Å². The zero-order chi connectivity index (χ0) is 18.4. The molecular formula is C19H21N3O3S. The van der Waals surface area contributed by atoms with E-state index in [1.807, 2.05) is 17.0 Å². The van der Waals surface area contributed by atoms with Gasteiger partial charge in [-0.05, 0) is 42.7 Å². The molecule has 1 aromatic carbocycles. The monoisotopic (exact) mass is 371 g/mol. The van der Waals surface area contributed by atoms with Crippen molar-refractivity contribution in [1.82, 2.24) is 9.88 Å². The summed E-state index contributed by atoms with van der Waals surface area (Å²) in [6, 6.07) is 8.58. The van der Waals surface area contributed by atoms with Crippen molar-refractivity contribution in [3.63, 3.8) is 0 Å². The fraction of sp³-hybridized carbons (Fsp3) is 0.368. The predicted molar refractivity (Wildman–Crippen MR) is 101 cm³/mol. The van der Waals surface area contributed by atoms with Gasteiger partial charge in [-0.2, -0.15) is 0 Å². The molecule has 2 heterocycles. The maximum Gasteiger partial charge on any atom is 0.283 e. The number of thioether (sulfide) groups is 1. The highest BCUT2D eigenvalue weighted by Crippen LogP contribution is 2.32. The first-order chi connectivity index (χ1) is 12.6. The van der Waals surface area contributed by atoms with Crippen molar-refractivity contribution in [3.05, 3.63) is 64.0 Å². The zero-order valence-corrected chi connectivity index (χ0v) is 15.3. The number of nitrogens with zero attached hydrogens (tertiary/aromatic N) is 3. The molecule has 26 heavy (non-hydrogen) atoms. The number of carbonyl (C=O) groups excluding carboxylic acids is 1. The van der Waals surface area contributed by atoms with Crippen LogP contribution in [0.4, 0.5) is 5.69 Å². The van der Waals surface area contributed by atoms with Crippen molar-refractivity contribution >= 4 is 23.4 Å². The molecule has 1 aliphatic heterocycles. The number of rotatable bonds is 5. The molecule has 2 aromatic rings. The number of aromatic nitrogens is 1. The Morgan fingerprint density at radius 3 is 2.46 bits per heavy atom. The molecule has 0 saturated carbocycles. The number of pyridine rings is 1. The molecule has 0 bridgehead atoms. The molecular weight excluding hydrogens is 350 g/mol. The third-order valence-corrected chi connectivity index (χ3v) is 5.57. The average molecular weight is 371 g/mol. The normalized spacial score (nSPS) is 14.7.